The number of hydrogen-bond donors (Lipinski definition) is 0. The molecule has 0 saturated carbocycles. The Kier molecular flexibility index (Phi) is 3.71. The van der Waals surface area contributed by atoms with Crippen LogP contribution in [0.15, 0.2) is 30.3 Å². The normalized spacial score (nSPS) is 15.7. The Bertz CT molecular complexity index is 365. The second-order valence-corrected chi connectivity index (χ2v) is 5.57. The van der Waals surface area contributed by atoms with Crippen LogP contribution in [0.25, 0.3) is 0 Å². The molecular formula is C8H5Cl4NO2. The summed E-state index contributed by atoms with van der Waals surface area (Å²) in [6.45, 7) is 0. The molecule has 7 heteroatoms. The maximum Gasteiger partial charge on any atom is 0.366 e. The lowest BCUT2D eigenvalue weighted by Crippen LogP contribution is -2.41. The van der Waals surface area contributed by atoms with Gasteiger partial charge < -0.3 is 0 Å². The lowest BCUT2D eigenvalue weighted by molar-refractivity contribution is -0.549. The van der Waals surface area contributed by atoms with Gasteiger partial charge in [0.2, 0.25) is 0 Å². The highest BCUT2D eigenvalue weighted by Crippen LogP contribution is 2.49. The summed E-state index contributed by atoms with van der Waals surface area (Å²) in [6.07, 6.45) is 0. The quantitative estimate of drug-likeness (QED) is 0.360. The van der Waals surface area contributed by atoms with E-state index in [2.05, 4.69) is 0 Å². The van der Waals surface area contributed by atoms with Gasteiger partial charge in [0, 0.05) is 5.56 Å². The van der Waals surface area contributed by atoms with Crippen LogP contribution in [0.3, 0.4) is 0 Å². The molecule has 1 aromatic carbocycles. The number of hydrogen-bond acceptors (Lipinski definition) is 2. The molecule has 0 amide bonds. The molecular weight excluding hydrogens is 284 g/mol. The molecule has 1 aromatic rings. The molecule has 1 rings (SSSR count). The van der Waals surface area contributed by atoms with Gasteiger partial charge in [-0.1, -0.05) is 65.1 Å². The molecule has 0 aliphatic rings. The standard InChI is InChI=1S/C8H5Cl4NO2/c9-7(13(14)15,8(10,11)12)6-4-2-1-3-5-6/h1-5H. The predicted octanol–water partition coefficient (Wildman–Crippen LogP) is 3.73. The van der Waals surface area contributed by atoms with E-state index in [0.29, 0.717) is 0 Å². The highest BCUT2D eigenvalue weighted by molar-refractivity contribution is 6.70. The summed E-state index contributed by atoms with van der Waals surface area (Å²) in [6, 6.07) is 7.69. The average molecular weight is 289 g/mol. The third-order valence-corrected chi connectivity index (χ3v) is 3.53. The molecule has 15 heavy (non-hydrogen) atoms. The summed E-state index contributed by atoms with van der Waals surface area (Å²) in [5.41, 5.74) is 0.122. The molecule has 0 N–H and O–H groups in total. The number of nitro groups is 1. The van der Waals surface area contributed by atoms with Crippen molar-refractivity contribution in [1.82, 2.24) is 0 Å². The van der Waals surface area contributed by atoms with Gasteiger partial charge in [-0.3, -0.25) is 10.1 Å². The van der Waals surface area contributed by atoms with E-state index in [-0.39, 0.29) is 5.56 Å². The molecule has 0 spiro atoms. The minimum absolute atomic E-state index is 0.122. The van der Waals surface area contributed by atoms with Gasteiger partial charge in [-0.25, -0.2) is 0 Å². The predicted molar refractivity (Wildman–Crippen MR) is 61.3 cm³/mol. The molecule has 1 atom stereocenters. The van der Waals surface area contributed by atoms with E-state index in [1.807, 2.05) is 0 Å². The van der Waals surface area contributed by atoms with Crippen molar-refractivity contribution >= 4 is 46.4 Å². The Morgan fingerprint density at radius 1 is 1.07 bits per heavy atom. The molecule has 0 aliphatic carbocycles. The van der Waals surface area contributed by atoms with Crippen molar-refractivity contribution in [3.05, 3.63) is 46.0 Å². The molecule has 0 radical (unpaired) electrons. The zero-order chi connectivity index (χ0) is 11.7. The summed E-state index contributed by atoms with van der Waals surface area (Å²) < 4.78 is -2.24. The Morgan fingerprint density at radius 3 is 1.87 bits per heavy atom. The first-order chi connectivity index (χ1) is 6.80. The Labute approximate surface area is 106 Å². The number of halogens is 4. The monoisotopic (exact) mass is 287 g/mol. The fourth-order valence-corrected chi connectivity index (χ4v) is 1.69. The van der Waals surface area contributed by atoms with E-state index in [9.17, 15) is 10.1 Å². The van der Waals surface area contributed by atoms with E-state index in [4.69, 9.17) is 46.4 Å². The fraction of sp³-hybridized carbons (Fsp3) is 0.250. The highest BCUT2D eigenvalue weighted by Gasteiger charge is 2.60. The average Bonchev–Trinajstić information content (AvgIpc) is 2.16. The Balaban J connectivity index is 3.32. The van der Waals surface area contributed by atoms with Crippen molar-refractivity contribution in [3.8, 4) is 0 Å². The van der Waals surface area contributed by atoms with Crippen LogP contribution in [0.1, 0.15) is 5.56 Å². The van der Waals surface area contributed by atoms with Gasteiger partial charge in [0.05, 0.1) is 4.92 Å². The van der Waals surface area contributed by atoms with Crippen LogP contribution in [0.2, 0.25) is 0 Å². The van der Waals surface area contributed by atoms with Gasteiger partial charge in [0.1, 0.15) is 0 Å². The zero-order valence-corrected chi connectivity index (χ0v) is 10.2. The van der Waals surface area contributed by atoms with Gasteiger partial charge in [0.25, 0.3) is 3.79 Å². The summed E-state index contributed by atoms with van der Waals surface area (Å²) >= 11 is 22.4. The second-order valence-electron chi connectivity index (χ2n) is 2.74. The number of alkyl halides is 4. The van der Waals surface area contributed by atoms with E-state index in [1.165, 1.54) is 12.1 Å². The number of rotatable bonds is 2. The van der Waals surface area contributed by atoms with Gasteiger partial charge in [-0.2, -0.15) is 0 Å². The second kappa shape index (κ2) is 4.34. The van der Waals surface area contributed by atoms with E-state index in [1.54, 1.807) is 18.2 Å². The van der Waals surface area contributed by atoms with Crippen LogP contribution < -0.4 is 0 Å². The molecule has 0 aliphatic heterocycles. The van der Waals surface area contributed by atoms with Crippen molar-refractivity contribution in [2.75, 3.05) is 0 Å². The van der Waals surface area contributed by atoms with Crippen molar-refractivity contribution in [1.29, 1.82) is 0 Å². The van der Waals surface area contributed by atoms with E-state index in [0.717, 1.165) is 0 Å². The highest BCUT2D eigenvalue weighted by atomic mass is 35.6. The maximum atomic E-state index is 10.9. The van der Waals surface area contributed by atoms with Crippen LogP contribution in [-0.4, -0.2) is 8.72 Å². The first-order valence-electron chi connectivity index (χ1n) is 3.76. The third kappa shape index (κ3) is 2.31. The van der Waals surface area contributed by atoms with Crippen molar-refractivity contribution in [2.24, 2.45) is 0 Å². The minimum Gasteiger partial charge on any atom is -0.262 e. The summed E-state index contributed by atoms with van der Waals surface area (Å²) in [7, 11) is 0. The number of nitrogens with zero attached hydrogens (tertiary/aromatic N) is 1. The SMILES string of the molecule is O=[N+]([O-])C(Cl)(c1ccccc1)C(Cl)(Cl)Cl. The molecule has 0 fully saturated rings. The molecule has 0 bridgehead atoms. The van der Waals surface area contributed by atoms with Gasteiger partial charge in [-0.15, -0.1) is 0 Å². The number of benzene rings is 1. The van der Waals surface area contributed by atoms with E-state index >= 15 is 0 Å². The van der Waals surface area contributed by atoms with Crippen molar-refractivity contribution in [3.63, 3.8) is 0 Å². The fourth-order valence-electron chi connectivity index (χ4n) is 1.03. The minimum atomic E-state index is -2.28. The van der Waals surface area contributed by atoms with Crippen molar-refractivity contribution < 1.29 is 4.92 Å². The van der Waals surface area contributed by atoms with Gasteiger partial charge in [0.15, 0.2) is 0 Å². The van der Waals surface area contributed by atoms with Crippen molar-refractivity contribution in [2.45, 2.75) is 8.79 Å². The summed E-state index contributed by atoms with van der Waals surface area (Å²) in [5.74, 6) is 0. The zero-order valence-electron chi connectivity index (χ0n) is 7.16. The largest absolute Gasteiger partial charge is 0.366 e. The lowest BCUT2D eigenvalue weighted by atomic mass is 10.1. The smallest absolute Gasteiger partial charge is 0.262 e. The van der Waals surface area contributed by atoms with Gasteiger partial charge >= 0.3 is 5.00 Å². The molecule has 3 nitrogen and oxygen atoms in total. The first kappa shape index (κ1) is 12.8. The van der Waals surface area contributed by atoms with Gasteiger partial charge in [-0.05, 0) is 11.6 Å². The maximum absolute atomic E-state index is 10.9. The van der Waals surface area contributed by atoms with Crippen LogP contribution in [-0.2, 0) is 5.00 Å². The first-order valence-corrected chi connectivity index (χ1v) is 5.27. The molecule has 82 valence electrons. The lowest BCUT2D eigenvalue weighted by Gasteiger charge is -2.25. The van der Waals surface area contributed by atoms with Crippen LogP contribution in [0.4, 0.5) is 0 Å². The molecule has 0 saturated heterocycles. The van der Waals surface area contributed by atoms with Crippen LogP contribution >= 0.6 is 46.4 Å². The molecule has 1 unspecified atom stereocenters. The van der Waals surface area contributed by atoms with Crippen LogP contribution in [0, 0.1) is 10.1 Å². The Hall–Kier alpha value is -0.220. The summed E-state index contributed by atoms with van der Waals surface area (Å²) in [5, 5.41) is 10.9. The van der Waals surface area contributed by atoms with E-state index < -0.39 is 13.7 Å². The third-order valence-electron chi connectivity index (χ3n) is 1.78. The summed E-state index contributed by atoms with van der Waals surface area (Å²) in [4.78, 5) is 7.79. The Morgan fingerprint density at radius 2 is 1.53 bits per heavy atom. The molecule has 0 heterocycles. The molecule has 0 aromatic heterocycles. The van der Waals surface area contributed by atoms with Crippen LogP contribution in [0.5, 0.6) is 0 Å². The topological polar surface area (TPSA) is 43.1 Å².